The van der Waals surface area contributed by atoms with E-state index in [1.54, 1.807) is 20.3 Å². The van der Waals surface area contributed by atoms with Crippen molar-refractivity contribution in [1.29, 1.82) is 0 Å². The van der Waals surface area contributed by atoms with Gasteiger partial charge in [0.05, 0.1) is 20.5 Å². The van der Waals surface area contributed by atoms with Crippen LogP contribution in [0.2, 0.25) is 0 Å². The van der Waals surface area contributed by atoms with E-state index in [4.69, 9.17) is 9.47 Å². The third-order valence-corrected chi connectivity index (χ3v) is 2.78. The average Bonchev–Trinajstić information content (AvgIpc) is 2.33. The number of aryl methyl sites for hydroxylation is 1. The zero-order valence-corrected chi connectivity index (χ0v) is 9.45. The van der Waals surface area contributed by atoms with Gasteiger partial charge in [-0.3, -0.25) is 4.79 Å². The number of methoxy groups -OCH3 is 2. The van der Waals surface area contributed by atoms with Crippen molar-refractivity contribution in [3.8, 4) is 5.75 Å². The van der Waals surface area contributed by atoms with Gasteiger partial charge in [0.25, 0.3) is 0 Å². The van der Waals surface area contributed by atoms with Crippen LogP contribution in [0.25, 0.3) is 0 Å². The second-order valence-corrected chi connectivity index (χ2v) is 3.73. The first-order valence-corrected chi connectivity index (χ1v) is 5.19. The Balaban J connectivity index is 2.42. The van der Waals surface area contributed by atoms with Gasteiger partial charge in [0.2, 0.25) is 0 Å². The minimum atomic E-state index is 0.0435. The van der Waals surface area contributed by atoms with Crippen LogP contribution in [0.3, 0.4) is 0 Å². The highest BCUT2D eigenvalue weighted by molar-refractivity contribution is 6.10. The molecule has 84 valence electrons. The van der Waals surface area contributed by atoms with Crippen LogP contribution in [-0.4, -0.2) is 20.0 Å². The second kappa shape index (κ2) is 4.39. The summed E-state index contributed by atoms with van der Waals surface area (Å²) >= 11 is 0. The number of allylic oxidation sites excluding steroid dienone is 1. The fourth-order valence-electron chi connectivity index (χ4n) is 1.92. The van der Waals surface area contributed by atoms with Gasteiger partial charge >= 0.3 is 0 Å². The Morgan fingerprint density at radius 2 is 2.06 bits per heavy atom. The molecule has 0 N–H and O–H groups in total. The molecule has 0 unspecified atom stereocenters. The van der Waals surface area contributed by atoms with Crippen LogP contribution in [-0.2, 0) is 11.2 Å². The lowest BCUT2D eigenvalue weighted by Crippen LogP contribution is -2.14. The maximum atomic E-state index is 12.1. The summed E-state index contributed by atoms with van der Waals surface area (Å²) in [5, 5.41) is 0. The van der Waals surface area contributed by atoms with Gasteiger partial charge in [0.1, 0.15) is 5.75 Å². The Kier molecular flexibility index (Phi) is 2.95. The molecule has 3 nitrogen and oxygen atoms in total. The van der Waals surface area contributed by atoms with Gasteiger partial charge in [-0.25, -0.2) is 0 Å². The molecule has 0 spiro atoms. The van der Waals surface area contributed by atoms with E-state index in [2.05, 4.69) is 0 Å². The number of fused-ring (bicyclic) bond motifs is 1. The van der Waals surface area contributed by atoms with Crippen LogP contribution in [0.15, 0.2) is 30.0 Å². The molecule has 0 fully saturated rings. The lowest BCUT2D eigenvalue weighted by atomic mass is 9.87. The number of hydrogen-bond acceptors (Lipinski definition) is 3. The zero-order chi connectivity index (χ0) is 11.5. The van der Waals surface area contributed by atoms with Crippen molar-refractivity contribution in [3.05, 3.63) is 41.2 Å². The molecule has 1 aliphatic carbocycles. The van der Waals surface area contributed by atoms with E-state index in [9.17, 15) is 4.79 Å². The molecule has 16 heavy (non-hydrogen) atoms. The van der Waals surface area contributed by atoms with Gasteiger partial charge in [-0.1, -0.05) is 6.07 Å². The predicted molar refractivity (Wildman–Crippen MR) is 60.7 cm³/mol. The molecule has 0 saturated heterocycles. The molecule has 0 saturated carbocycles. The smallest absolute Gasteiger partial charge is 0.192 e. The molecule has 0 atom stereocenters. The van der Waals surface area contributed by atoms with Crippen molar-refractivity contribution in [2.45, 2.75) is 12.8 Å². The van der Waals surface area contributed by atoms with Crippen molar-refractivity contribution in [2.24, 2.45) is 0 Å². The summed E-state index contributed by atoms with van der Waals surface area (Å²) in [6.07, 6.45) is 3.15. The van der Waals surface area contributed by atoms with E-state index in [1.807, 2.05) is 12.1 Å². The molecule has 0 aromatic heterocycles. The highest BCUT2D eigenvalue weighted by atomic mass is 16.5. The van der Waals surface area contributed by atoms with Crippen LogP contribution >= 0.6 is 0 Å². The molecule has 0 aliphatic heterocycles. The van der Waals surface area contributed by atoms with Crippen molar-refractivity contribution in [3.63, 3.8) is 0 Å². The lowest BCUT2D eigenvalue weighted by molar-refractivity contribution is 0.102. The van der Waals surface area contributed by atoms with Crippen LogP contribution in [0, 0.1) is 0 Å². The third-order valence-electron chi connectivity index (χ3n) is 2.78. The topological polar surface area (TPSA) is 35.5 Å². The van der Waals surface area contributed by atoms with E-state index in [1.165, 1.54) is 6.26 Å². The number of ether oxygens (including phenoxy) is 2. The van der Waals surface area contributed by atoms with Crippen LogP contribution in [0.1, 0.15) is 22.3 Å². The summed E-state index contributed by atoms with van der Waals surface area (Å²) in [4.78, 5) is 12.1. The fourth-order valence-corrected chi connectivity index (χ4v) is 1.92. The molecule has 0 radical (unpaired) electrons. The quantitative estimate of drug-likeness (QED) is 0.564. The molecule has 1 aromatic carbocycles. The van der Waals surface area contributed by atoms with Gasteiger partial charge in [-0.15, -0.1) is 0 Å². The molecule has 0 heterocycles. The first-order valence-electron chi connectivity index (χ1n) is 5.19. The van der Waals surface area contributed by atoms with Crippen molar-refractivity contribution in [1.82, 2.24) is 0 Å². The Morgan fingerprint density at radius 3 is 2.75 bits per heavy atom. The van der Waals surface area contributed by atoms with Crippen LogP contribution in [0.5, 0.6) is 5.75 Å². The maximum absolute atomic E-state index is 12.1. The molecule has 0 amide bonds. The Bertz CT molecular complexity index is 446. The van der Waals surface area contributed by atoms with Crippen molar-refractivity contribution < 1.29 is 14.3 Å². The number of hydrogen-bond donors (Lipinski definition) is 0. The monoisotopic (exact) mass is 218 g/mol. The van der Waals surface area contributed by atoms with E-state index in [-0.39, 0.29) is 5.78 Å². The minimum absolute atomic E-state index is 0.0435. The molecule has 0 bridgehead atoms. The van der Waals surface area contributed by atoms with E-state index < -0.39 is 0 Å². The molecular formula is C13H14O3. The standard InChI is InChI=1S/C13H14O3/c1-15-8-10-4-3-9-5-6-11(16-2)7-12(9)13(10)14/h5-8H,3-4H2,1-2H3. The average molecular weight is 218 g/mol. The number of ketones is 1. The highest BCUT2D eigenvalue weighted by Crippen LogP contribution is 2.28. The number of benzene rings is 1. The van der Waals surface area contributed by atoms with Gasteiger partial charge in [0.15, 0.2) is 5.78 Å². The first-order chi connectivity index (χ1) is 7.76. The van der Waals surface area contributed by atoms with Gasteiger partial charge in [0, 0.05) is 11.1 Å². The largest absolute Gasteiger partial charge is 0.504 e. The summed E-state index contributed by atoms with van der Waals surface area (Å²) in [6.45, 7) is 0. The number of carbonyl (C=O) groups excluding carboxylic acids is 1. The molecular weight excluding hydrogens is 204 g/mol. The molecule has 2 rings (SSSR count). The van der Waals surface area contributed by atoms with Crippen LogP contribution in [0.4, 0.5) is 0 Å². The maximum Gasteiger partial charge on any atom is 0.192 e. The van der Waals surface area contributed by atoms with Crippen LogP contribution < -0.4 is 4.74 Å². The van der Waals surface area contributed by atoms with Gasteiger partial charge < -0.3 is 9.47 Å². The predicted octanol–water partition coefficient (Wildman–Crippen LogP) is 2.35. The summed E-state index contributed by atoms with van der Waals surface area (Å²) < 4.78 is 10.0. The first kappa shape index (κ1) is 10.7. The minimum Gasteiger partial charge on any atom is -0.504 e. The summed E-state index contributed by atoms with van der Waals surface area (Å²) in [5.41, 5.74) is 2.54. The normalized spacial score (nSPS) is 17.1. The Hall–Kier alpha value is -1.77. The number of Topliss-reactive ketones (excluding diaryl/α,β-unsaturated/α-hetero) is 1. The third kappa shape index (κ3) is 1.81. The Labute approximate surface area is 94.7 Å². The molecule has 1 aromatic rings. The van der Waals surface area contributed by atoms with E-state index >= 15 is 0 Å². The van der Waals surface area contributed by atoms with Gasteiger partial charge in [-0.2, -0.15) is 0 Å². The van der Waals surface area contributed by atoms with E-state index in [0.717, 1.165) is 29.5 Å². The number of rotatable bonds is 2. The second-order valence-electron chi connectivity index (χ2n) is 3.73. The SMILES string of the molecule is COC=C1CCc2ccc(OC)cc2C1=O. The van der Waals surface area contributed by atoms with Crippen molar-refractivity contribution in [2.75, 3.05) is 14.2 Å². The summed E-state index contributed by atoms with van der Waals surface area (Å²) in [5.74, 6) is 0.757. The zero-order valence-electron chi connectivity index (χ0n) is 9.45. The lowest BCUT2D eigenvalue weighted by Gasteiger charge is -2.17. The van der Waals surface area contributed by atoms with Crippen molar-refractivity contribution >= 4 is 5.78 Å². The molecule has 1 aliphatic rings. The number of carbonyl (C=O) groups is 1. The summed E-state index contributed by atoms with van der Waals surface area (Å²) in [7, 11) is 3.16. The molecule has 3 heteroatoms. The van der Waals surface area contributed by atoms with Gasteiger partial charge in [-0.05, 0) is 30.5 Å². The fraction of sp³-hybridized carbons (Fsp3) is 0.308. The summed E-state index contributed by atoms with van der Waals surface area (Å²) in [6, 6.07) is 5.63. The Morgan fingerprint density at radius 1 is 1.25 bits per heavy atom. The highest BCUT2D eigenvalue weighted by Gasteiger charge is 2.22. The van der Waals surface area contributed by atoms with E-state index in [0.29, 0.717) is 5.75 Å².